The summed E-state index contributed by atoms with van der Waals surface area (Å²) in [5, 5.41) is 3.65. The van der Waals surface area contributed by atoms with Gasteiger partial charge in [0.1, 0.15) is 17.2 Å². The second-order valence-electron chi connectivity index (χ2n) is 7.87. The fraction of sp³-hybridized carbons (Fsp3) is 0.240. The lowest BCUT2D eigenvalue weighted by molar-refractivity contribution is -0.145. The molecule has 0 saturated heterocycles. The van der Waals surface area contributed by atoms with Gasteiger partial charge in [0.15, 0.2) is 6.10 Å². The first-order chi connectivity index (χ1) is 16.3. The summed E-state index contributed by atoms with van der Waals surface area (Å²) in [5.41, 5.74) is 2.13. The van der Waals surface area contributed by atoms with Crippen LogP contribution < -0.4 is 5.32 Å². The Bertz CT molecular complexity index is 1370. The molecule has 0 saturated carbocycles. The van der Waals surface area contributed by atoms with Crippen molar-refractivity contribution in [2.45, 2.75) is 33.4 Å². The summed E-state index contributed by atoms with van der Waals surface area (Å²) in [7, 11) is 0. The van der Waals surface area contributed by atoms with Crippen LogP contribution in [0.4, 0.5) is 0 Å². The number of esters is 1. The summed E-state index contributed by atoms with van der Waals surface area (Å²) in [6.45, 7) is 5.38. The van der Waals surface area contributed by atoms with Crippen molar-refractivity contribution in [3.8, 4) is 0 Å². The van der Waals surface area contributed by atoms with E-state index in [-0.39, 0.29) is 12.3 Å². The van der Waals surface area contributed by atoms with Crippen molar-refractivity contribution in [3.63, 3.8) is 0 Å². The first kappa shape index (κ1) is 23.8. The number of aromatic nitrogens is 1. The zero-order chi connectivity index (χ0) is 24.4. The van der Waals surface area contributed by atoms with Crippen LogP contribution in [0.3, 0.4) is 0 Å². The second kappa shape index (κ2) is 9.87. The molecule has 0 aliphatic carbocycles. The average molecular weight is 499 g/mol. The largest absolute Gasteiger partial charge is 0.467 e. The maximum Gasteiger partial charge on any atom is 0.326 e. The summed E-state index contributed by atoms with van der Waals surface area (Å²) in [6, 6.07) is 12.9. The Kier molecular flexibility index (Phi) is 6.90. The van der Waals surface area contributed by atoms with Crippen LogP contribution >= 0.6 is 22.9 Å². The lowest BCUT2D eigenvalue weighted by atomic mass is 10.1. The fourth-order valence-corrected chi connectivity index (χ4v) is 5.19. The molecule has 3 heterocycles. The van der Waals surface area contributed by atoms with Crippen molar-refractivity contribution >= 4 is 50.7 Å². The van der Waals surface area contributed by atoms with E-state index in [1.54, 1.807) is 12.3 Å². The summed E-state index contributed by atoms with van der Waals surface area (Å²) in [6.07, 6.45) is 0.597. The highest BCUT2D eigenvalue weighted by atomic mass is 35.5. The Morgan fingerprint density at radius 3 is 2.65 bits per heavy atom. The smallest absolute Gasteiger partial charge is 0.326 e. The van der Waals surface area contributed by atoms with E-state index in [0.29, 0.717) is 22.0 Å². The molecule has 176 valence electrons. The number of ketones is 1. The van der Waals surface area contributed by atoms with Crippen molar-refractivity contribution in [2.75, 3.05) is 6.54 Å². The number of hydrogen-bond acceptors (Lipinski definition) is 6. The molecule has 0 spiro atoms. The molecular formula is C25H23ClN2O5S. The molecule has 0 aliphatic heterocycles. The minimum absolute atomic E-state index is 0.314. The predicted octanol–water partition coefficient (Wildman–Crippen LogP) is 5.16. The van der Waals surface area contributed by atoms with Gasteiger partial charge in [0, 0.05) is 27.0 Å². The average Bonchev–Trinajstić information content (AvgIpc) is 3.52. The number of Topliss-reactive ketones (excluding diaryl/α,β-unsaturated/α-hetero) is 1. The third-order valence-electron chi connectivity index (χ3n) is 5.55. The van der Waals surface area contributed by atoms with E-state index >= 15 is 0 Å². The van der Waals surface area contributed by atoms with Crippen molar-refractivity contribution in [3.05, 3.63) is 81.3 Å². The van der Waals surface area contributed by atoms with Crippen LogP contribution in [0.25, 0.3) is 10.1 Å². The number of hydrogen-bond donors (Lipinski definition) is 1. The van der Waals surface area contributed by atoms with Gasteiger partial charge in [-0.25, -0.2) is 0 Å². The number of aryl methyl sites for hydroxylation is 1. The molecule has 0 unspecified atom stereocenters. The van der Waals surface area contributed by atoms with E-state index in [1.165, 1.54) is 18.3 Å². The molecule has 34 heavy (non-hydrogen) atoms. The molecule has 1 aromatic carbocycles. The predicted molar refractivity (Wildman–Crippen MR) is 131 cm³/mol. The normalized spacial score (nSPS) is 12.0. The van der Waals surface area contributed by atoms with E-state index in [9.17, 15) is 14.4 Å². The third-order valence-corrected chi connectivity index (χ3v) is 7.22. The Morgan fingerprint density at radius 2 is 1.94 bits per heavy atom. The number of fused-ring (bicyclic) bond motifs is 1. The number of nitrogens with one attached hydrogen (secondary N) is 1. The summed E-state index contributed by atoms with van der Waals surface area (Å²) >= 11 is 7.56. The van der Waals surface area contributed by atoms with Crippen LogP contribution in [0.1, 0.15) is 44.1 Å². The lowest BCUT2D eigenvalue weighted by Gasteiger charge is -2.13. The molecular weight excluding hydrogens is 476 g/mol. The minimum atomic E-state index is -1.00. The number of carbonyl (C=O) groups is 3. The SMILES string of the molecule is Cc1cc(C(=O)[C@@H](C)OC(=O)CNC(=O)c2sc3ccccc3c2Cl)c(C)n1Cc1ccco1. The van der Waals surface area contributed by atoms with Crippen LogP contribution in [0, 0.1) is 13.8 Å². The maximum absolute atomic E-state index is 13.0. The highest BCUT2D eigenvalue weighted by Crippen LogP contribution is 2.34. The quantitative estimate of drug-likeness (QED) is 0.268. The Labute approximate surface area is 205 Å². The number of nitrogens with zero attached hydrogens (tertiary/aromatic N) is 1. The topological polar surface area (TPSA) is 90.5 Å². The third kappa shape index (κ3) is 4.78. The first-order valence-electron chi connectivity index (χ1n) is 10.6. The first-order valence-corrected chi connectivity index (χ1v) is 11.8. The number of benzene rings is 1. The number of ether oxygens (including phenoxy) is 1. The standard InChI is InChI=1S/C25H23ClN2O5S/c1-14-11-19(15(2)28(14)13-17-7-6-10-32-17)23(30)16(3)33-21(29)12-27-25(31)24-22(26)18-8-4-5-9-20(18)34-24/h4-11,16H,12-13H2,1-3H3,(H,27,31)/t16-/m1/s1. The van der Waals surface area contributed by atoms with Gasteiger partial charge in [0.25, 0.3) is 5.91 Å². The molecule has 3 aromatic heterocycles. The van der Waals surface area contributed by atoms with Crippen LogP contribution in [0.15, 0.2) is 53.1 Å². The van der Waals surface area contributed by atoms with Gasteiger partial charge >= 0.3 is 5.97 Å². The van der Waals surface area contributed by atoms with Gasteiger partial charge in [-0.3, -0.25) is 14.4 Å². The molecule has 7 nitrogen and oxygen atoms in total. The number of carbonyl (C=O) groups excluding carboxylic acids is 3. The highest BCUT2D eigenvalue weighted by Gasteiger charge is 2.25. The molecule has 9 heteroatoms. The van der Waals surface area contributed by atoms with Gasteiger partial charge in [0.2, 0.25) is 5.78 Å². The van der Waals surface area contributed by atoms with Crippen LogP contribution in [0.5, 0.6) is 0 Å². The highest BCUT2D eigenvalue weighted by molar-refractivity contribution is 7.21. The molecule has 0 aliphatic rings. The van der Waals surface area contributed by atoms with Crippen molar-refractivity contribution < 1.29 is 23.5 Å². The van der Waals surface area contributed by atoms with Crippen LogP contribution in [-0.4, -0.2) is 34.9 Å². The Balaban J connectivity index is 1.36. The number of furan rings is 1. The van der Waals surface area contributed by atoms with E-state index in [0.717, 1.165) is 27.2 Å². The number of rotatable bonds is 8. The molecule has 4 aromatic rings. The Morgan fingerprint density at radius 1 is 1.18 bits per heavy atom. The lowest BCUT2D eigenvalue weighted by Crippen LogP contribution is -2.34. The van der Waals surface area contributed by atoms with Gasteiger partial charge in [0.05, 0.1) is 17.8 Å². The summed E-state index contributed by atoms with van der Waals surface area (Å²) in [4.78, 5) is 38.1. The summed E-state index contributed by atoms with van der Waals surface area (Å²) in [5.74, 6) is -0.722. The fourth-order valence-electron chi connectivity index (χ4n) is 3.76. The molecule has 1 N–H and O–H groups in total. The van der Waals surface area contributed by atoms with Gasteiger partial charge in [-0.15, -0.1) is 11.3 Å². The molecule has 0 fully saturated rings. The molecule has 1 atom stereocenters. The van der Waals surface area contributed by atoms with Gasteiger partial charge in [-0.05, 0) is 45.0 Å². The van der Waals surface area contributed by atoms with Gasteiger partial charge in [-0.2, -0.15) is 0 Å². The van der Waals surface area contributed by atoms with E-state index in [2.05, 4.69) is 5.32 Å². The Hall–Kier alpha value is -3.36. The zero-order valence-corrected chi connectivity index (χ0v) is 20.5. The molecule has 0 bridgehead atoms. The van der Waals surface area contributed by atoms with Gasteiger partial charge in [-0.1, -0.05) is 29.8 Å². The minimum Gasteiger partial charge on any atom is -0.467 e. The number of amides is 1. The van der Waals surface area contributed by atoms with Crippen molar-refractivity contribution in [1.82, 2.24) is 9.88 Å². The van der Waals surface area contributed by atoms with Crippen LogP contribution in [-0.2, 0) is 16.1 Å². The van der Waals surface area contributed by atoms with E-state index < -0.39 is 18.0 Å². The van der Waals surface area contributed by atoms with Gasteiger partial charge < -0.3 is 19.0 Å². The number of thiophene rings is 1. The molecule has 4 rings (SSSR count). The number of halogens is 1. The zero-order valence-electron chi connectivity index (χ0n) is 18.9. The van der Waals surface area contributed by atoms with Crippen molar-refractivity contribution in [1.29, 1.82) is 0 Å². The second-order valence-corrected chi connectivity index (χ2v) is 9.30. The van der Waals surface area contributed by atoms with E-state index in [1.807, 2.05) is 54.8 Å². The molecule has 0 radical (unpaired) electrons. The van der Waals surface area contributed by atoms with Crippen LogP contribution in [0.2, 0.25) is 5.02 Å². The summed E-state index contributed by atoms with van der Waals surface area (Å²) < 4.78 is 13.5. The van der Waals surface area contributed by atoms with E-state index in [4.69, 9.17) is 20.8 Å². The maximum atomic E-state index is 13.0. The van der Waals surface area contributed by atoms with Crippen molar-refractivity contribution in [2.24, 2.45) is 0 Å². The monoisotopic (exact) mass is 498 g/mol. The molecule has 1 amide bonds.